The number of carboxylic acids is 1. The standard InChI is InChI=1S/C39H39Cl2N5O4/c1-20-16-25(17-21(2)35(20)41)50-15-9-10-26-27-13-14-29(40)34(33-23(4)42-44(7)24(33)5)36(27)46-22(3)19-45(38(47)37(26)46)31-12-8-11-30-28(31)18-32(39(48)49)43(30)6/h8,11-14,16-18,22H,9-10,15,19H2,1-7H3,(H,48,49)/t22-/m1/s1. The van der Waals surface area contributed by atoms with Gasteiger partial charge in [0.15, 0.2) is 0 Å². The van der Waals surface area contributed by atoms with Gasteiger partial charge in [0.2, 0.25) is 0 Å². The molecule has 1 aliphatic rings. The number of aromatic carboxylic acids is 1. The highest BCUT2D eigenvalue weighted by atomic mass is 35.5. The summed E-state index contributed by atoms with van der Waals surface area (Å²) in [6.07, 6.45) is 1.25. The lowest BCUT2D eigenvalue weighted by molar-refractivity contribution is 0.0686. The van der Waals surface area contributed by atoms with E-state index in [1.807, 2.05) is 81.9 Å². The van der Waals surface area contributed by atoms with E-state index in [2.05, 4.69) is 11.5 Å². The van der Waals surface area contributed by atoms with Gasteiger partial charge in [0.1, 0.15) is 17.1 Å². The summed E-state index contributed by atoms with van der Waals surface area (Å²) in [6.45, 7) is 10.9. The highest BCUT2D eigenvalue weighted by molar-refractivity contribution is 6.35. The number of nitrogens with zero attached hydrogens (tertiary/aromatic N) is 5. The van der Waals surface area contributed by atoms with Crippen molar-refractivity contribution in [3.05, 3.63) is 98.0 Å². The van der Waals surface area contributed by atoms with Crippen LogP contribution in [0.15, 0.2) is 48.5 Å². The van der Waals surface area contributed by atoms with Crippen molar-refractivity contribution in [2.75, 3.05) is 18.1 Å². The Labute approximate surface area is 300 Å². The fourth-order valence-electron chi connectivity index (χ4n) is 7.72. The van der Waals surface area contributed by atoms with Gasteiger partial charge in [-0.15, -0.1) is 0 Å². The summed E-state index contributed by atoms with van der Waals surface area (Å²) < 4.78 is 11.9. The van der Waals surface area contributed by atoms with Gasteiger partial charge in [-0.3, -0.25) is 9.48 Å². The lowest BCUT2D eigenvalue weighted by Gasteiger charge is -2.34. The fraction of sp³-hybridized carbons (Fsp3) is 0.308. The summed E-state index contributed by atoms with van der Waals surface area (Å²) in [7, 11) is 3.65. The molecule has 4 heterocycles. The molecular formula is C39H39Cl2N5O4. The number of carbonyl (C=O) groups is 2. The molecule has 0 fully saturated rings. The molecular weight excluding hydrogens is 673 g/mol. The number of halogens is 2. The van der Waals surface area contributed by atoms with Crippen LogP contribution in [0.4, 0.5) is 5.69 Å². The van der Waals surface area contributed by atoms with E-state index >= 15 is 0 Å². The summed E-state index contributed by atoms with van der Waals surface area (Å²) >= 11 is 13.5. The van der Waals surface area contributed by atoms with Gasteiger partial charge in [0.25, 0.3) is 5.91 Å². The molecule has 7 rings (SSSR count). The number of carbonyl (C=O) groups excluding carboxylic acids is 1. The van der Waals surface area contributed by atoms with Crippen LogP contribution in [0.3, 0.4) is 0 Å². The van der Waals surface area contributed by atoms with E-state index in [1.165, 1.54) is 0 Å². The molecule has 0 saturated heterocycles. The first kappa shape index (κ1) is 33.8. The number of aryl methyl sites for hydroxylation is 6. The summed E-state index contributed by atoms with van der Waals surface area (Å²) in [5.41, 5.74) is 9.63. The van der Waals surface area contributed by atoms with Crippen molar-refractivity contribution < 1.29 is 19.4 Å². The van der Waals surface area contributed by atoms with Crippen LogP contribution in [0.25, 0.3) is 32.9 Å². The third-order valence-electron chi connectivity index (χ3n) is 10.1. The molecule has 3 aromatic carbocycles. The quantitative estimate of drug-likeness (QED) is 0.159. The molecule has 1 aliphatic heterocycles. The maximum Gasteiger partial charge on any atom is 0.352 e. The molecule has 1 N–H and O–H groups in total. The lowest BCUT2D eigenvalue weighted by atomic mass is 9.98. The van der Waals surface area contributed by atoms with Crippen LogP contribution in [0, 0.1) is 27.7 Å². The van der Waals surface area contributed by atoms with Crippen LogP contribution >= 0.6 is 23.2 Å². The molecule has 0 bridgehead atoms. The zero-order valence-corrected chi connectivity index (χ0v) is 30.7. The normalized spacial score (nSPS) is 14.6. The van der Waals surface area contributed by atoms with Gasteiger partial charge in [-0.25, -0.2) is 4.79 Å². The number of rotatable bonds is 8. The Morgan fingerprint density at radius 1 is 1.00 bits per heavy atom. The van der Waals surface area contributed by atoms with E-state index in [4.69, 9.17) is 33.0 Å². The molecule has 50 heavy (non-hydrogen) atoms. The average Bonchev–Trinajstić information content (AvgIpc) is 3.68. The molecule has 6 aromatic rings. The van der Waals surface area contributed by atoms with E-state index in [1.54, 1.807) is 22.6 Å². The first-order chi connectivity index (χ1) is 23.8. The monoisotopic (exact) mass is 711 g/mol. The smallest absolute Gasteiger partial charge is 0.352 e. The molecule has 258 valence electrons. The Morgan fingerprint density at radius 2 is 1.72 bits per heavy atom. The van der Waals surface area contributed by atoms with E-state index in [0.717, 1.165) is 66.4 Å². The number of fused-ring (bicyclic) bond motifs is 4. The van der Waals surface area contributed by atoms with Crippen molar-refractivity contribution in [3.63, 3.8) is 0 Å². The number of benzene rings is 3. The maximum absolute atomic E-state index is 14.9. The third kappa shape index (κ3) is 5.26. The molecule has 9 nitrogen and oxygen atoms in total. The molecule has 0 aliphatic carbocycles. The van der Waals surface area contributed by atoms with Gasteiger partial charge in [0, 0.05) is 59.3 Å². The number of anilines is 1. The molecule has 1 amide bonds. The van der Waals surface area contributed by atoms with Crippen LogP contribution in [0.1, 0.15) is 68.4 Å². The maximum atomic E-state index is 14.9. The molecule has 0 spiro atoms. The third-order valence-corrected chi connectivity index (χ3v) is 11.0. The number of hydrogen-bond acceptors (Lipinski definition) is 4. The highest BCUT2D eigenvalue weighted by Gasteiger charge is 2.37. The fourth-order valence-corrected chi connectivity index (χ4v) is 8.08. The first-order valence-electron chi connectivity index (χ1n) is 16.7. The number of amides is 1. The van der Waals surface area contributed by atoms with Crippen LogP contribution < -0.4 is 9.64 Å². The number of ether oxygens (including phenoxy) is 1. The van der Waals surface area contributed by atoms with Crippen LogP contribution in [0.2, 0.25) is 10.0 Å². The molecule has 1 atom stereocenters. The zero-order valence-electron chi connectivity index (χ0n) is 29.2. The average molecular weight is 713 g/mol. The minimum Gasteiger partial charge on any atom is -0.494 e. The number of hydrogen-bond donors (Lipinski definition) is 1. The summed E-state index contributed by atoms with van der Waals surface area (Å²) in [4.78, 5) is 28.8. The largest absolute Gasteiger partial charge is 0.494 e. The van der Waals surface area contributed by atoms with Gasteiger partial charge in [-0.1, -0.05) is 35.3 Å². The van der Waals surface area contributed by atoms with Gasteiger partial charge in [-0.2, -0.15) is 5.10 Å². The Balaban J connectivity index is 1.38. The molecule has 11 heteroatoms. The van der Waals surface area contributed by atoms with E-state index in [-0.39, 0.29) is 17.6 Å². The first-order valence-corrected chi connectivity index (χ1v) is 17.4. The van der Waals surface area contributed by atoms with Crippen molar-refractivity contribution in [3.8, 4) is 16.9 Å². The second kappa shape index (κ2) is 12.5. The van der Waals surface area contributed by atoms with E-state index < -0.39 is 5.97 Å². The molecule has 0 radical (unpaired) electrons. The number of carboxylic acid groups (broad SMARTS) is 1. The van der Waals surface area contributed by atoms with Gasteiger partial charge < -0.3 is 23.9 Å². The van der Waals surface area contributed by atoms with E-state index in [9.17, 15) is 14.7 Å². The second-order valence-corrected chi connectivity index (χ2v) is 14.2. The summed E-state index contributed by atoms with van der Waals surface area (Å²) in [5.74, 6) is -0.404. The van der Waals surface area contributed by atoms with Crippen LogP contribution in [0.5, 0.6) is 5.75 Å². The Hall–Kier alpha value is -4.73. The highest BCUT2D eigenvalue weighted by Crippen LogP contribution is 2.45. The van der Waals surface area contributed by atoms with Crippen molar-refractivity contribution in [2.45, 2.75) is 53.5 Å². The zero-order chi connectivity index (χ0) is 35.8. The summed E-state index contributed by atoms with van der Waals surface area (Å²) in [6, 6.07) is 15.0. The SMILES string of the molecule is Cc1cc(OCCCc2c3n(c4c(-c5c(C)nn(C)c5C)c(Cl)ccc24)[C@H](C)CN(c2cccc4c2cc(C(=O)O)n4C)C3=O)cc(C)c1Cl. The van der Waals surface area contributed by atoms with Crippen LogP contribution in [-0.4, -0.2) is 49.0 Å². The predicted octanol–water partition coefficient (Wildman–Crippen LogP) is 9.01. The minimum atomic E-state index is -1.02. The topological polar surface area (TPSA) is 94.5 Å². The van der Waals surface area contributed by atoms with Gasteiger partial charge in [0.05, 0.1) is 34.0 Å². The molecule has 0 unspecified atom stereocenters. The second-order valence-electron chi connectivity index (χ2n) is 13.4. The minimum absolute atomic E-state index is 0.136. The Bertz CT molecular complexity index is 2360. The summed E-state index contributed by atoms with van der Waals surface area (Å²) in [5, 5.41) is 17.6. The van der Waals surface area contributed by atoms with Crippen LogP contribution in [-0.2, 0) is 20.5 Å². The number of aromatic nitrogens is 4. The predicted molar refractivity (Wildman–Crippen MR) is 200 cm³/mol. The Morgan fingerprint density at radius 3 is 2.38 bits per heavy atom. The van der Waals surface area contributed by atoms with E-state index in [0.29, 0.717) is 47.8 Å². The molecule has 0 saturated carbocycles. The van der Waals surface area contributed by atoms with Crippen molar-refractivity contribution in [1.82, 2.24) is 18.9 Å². The van der Waals surface area contributed by atoms with Gasteiger partial charge in [-0.05, 0) is 101 Å². The van der Waals surface area contributed by atoms with Gasteiger partial charge >= 0.3 is 5.97 Å². The Kier molecular flexibility index (Phi) is 8.47. The van der Waals surface area contributed by atoms with Crippen molar-refractivity contribution >= 4 is 62.6 Å². The lowest BCUT2D eigenvalue weighted by Crippen LogP contribution is -2.42. The van der Waals surface area contributed by atoms with Crippen molar-refractivity contribution in [2.24, 2.45) is 14.1 Å². The van der Waals surface area contributed by atoms with Crippen molar-refractivity contribution in [1.29, 1.82) is 0 Å². The molecule has 3 aromatic heterocycles.